The summed E-state index contributed by atoms with van der Waals surface area (Å²) in [5.41, 5.74) is 0.273. The summed E-state index contributed by atoms with van der Waals surface area (Å²) in [5.74, 6) is -2.33. The Morgan fingerprint density at radius 1 is 1.44 bits per heavy atom. The summed E-state index contributed by atoms with van der Waals surface area (Å²) in [5, 5.41) is 2.34. The first-order chi connectivity index (χ1) is 8.49. The van der Waals surface area contributed by atoms with E-state index in [0.717, 1.165) is 11.8 Å². The molecule has 0 aliphatic carbocycles. The van der Waals surface area contributed by atoms with Gasteiger partial charge in [0.05, 0.1) is 16.5 Å². The topological polar surface area (TPSA) is 30.0 Å². The molecule has 0 amide bonds. The summed E-state index contributed by atoms with van der Waals surface area (Å²) < 4.78 is 27.3. The molecule has 0 radical (unpaired) electrons. The molecule has 0 spiro atoms. The van der Waals surface area contributed by atoms with Crippen LogP contribution < -0.4 is 0 Å². The Hall–Kier alpha value is -1.14. The molecule has 1 aromatic carbocycles. The number of aromatic nitrogens is 1. The zero-order valence-electron chi connectivity index (χ0n) is 9.34. The summed E-state index contributed by atoms with van der Waals surface area (Å²) in [6.45, 7) is 1.80. The molecule has 2 nitrogen and oxygen atoms in total. The zero-order valence-corrected chi connectivity index (χ0v) is 11.7. The maximum Gasteiger partial charge on any atom is 0.175 e. The zero-order chi connectivity index (χ0) is 13.3. The molecule has 0 unspecified atom stereocenters. The largest absolute Gasteiger partial charge is 0.293 e. The Kier molecular flexibility index (Phi) is 3.87. The highest BCUT2D eigenvalue weighted by atomic mass is 79.9. The normalized spacial score (nSPS) is 10.7. The fraction of sp³-hybridized carbons (Fsp3) is 0.167. The van der Waals surface area contributed by atoms with E-state index in [1.807, 2.05) is 0 Å². The minimum atomic E-state index is -0.867. The molecule has 0 atom stereocenters. The van der Waals surface area contributed by atoms with Gasteiger partial charge in [-0.15, -0.1) is 11.3 Å². The summed E-state index contributed by atoms with van der Waals surface area (Å²) in [6.07, 6.45) is -0.0944. The van der Waals surface area contributed by atoms with Crippen molar-refractivity contribution in [2.45, 2.75) is 13.3 Å². The van der Waals surface area contributed by atoms with Crippen molar-refractivity contribution < 1.29 is 13.6 Å². The van der Waals surface area contributed by atoms with Crippen molar-refractivity contribution in [3.8, 4) is 0 Å². The third-order valence-corrected chi connectivity index (χ3v) is 3.88. The summed E-state index contributed by atoms with van der Waals surface area (Å²) in [4.78, 5) is 16.0. The molecule has 0 saturated carbocycles. The lowest BCUT2D eigenvalue weighted by atomic mass is 10.1. The molecule has 0 bridgehead atoms. The number of thiazole rings is 1. The molecule has 1 heterocycles. The number of hydrogen-bond donors (Lipinski definition) is 0. The fourth-order valence-corrected chi connectivity index (χ4v) is 2.59. The van der Waals surface area contributed by atoms with Gasteiger partial charge >= 0.3 is 0 Å². The molecule has 2 rings (SSSR count). The second-order valence-corrected chi connectivity index (χ2v) is 5.50. The van der Waals surface area contributed by atoms with Crippen LogP contribution in [0.15, 0.2) is 22.0 Å². The molecule has 2 aromatic rings. The van der Waals surface area contributed by atoms with Gasteiger partial charge in [0, 0.05) is 11.1 Å². The Labute approximate surface area is 115 Å². The van der Waals surface area contributed by atoms with Gasteiger partial charge < -0.3 is 0 Å². The van der Waals surface area contributed by atoms with Crippen LogP contribution in [0.25, 0.3) is 0 Å². The number of rotatable bonds is 3. The van der Waals surface area contributed by atoms with E-state index >= 15 is 0 Å². The summed E-state index contributed by atoms with van der Waals surface area (Å²) >= 11 is 4.23. The average molecular weight is 332 g/mol. The molecule has 18 heavy (non-hydrogen) atoms. The Morgan fingerprint density at radius 2 is 2.17 bits per heavy atom. The smallest absolute Gasteiger partial charge is 0.175 e. The third-order valence-electron chi connectivity index (χ3n) is 2.30. The van der Waals surface area contributed by atoms with Gasteiger partial charge in [0.1, 0.15) is 10.8 Å². The quantitative estimate of drug-likeness (QED) is 0.630. The van der Waals surface area contributed by atoms with E-state index in [0.29, 0.717) is 5.01 Å². The Bertz CT molecular complexity index is 612. The first kappa shape index (κ1) is 13.3. The third kappa shape index (κ3) is 2.64. The number of carbonyl (C=O) groups is 1. The second kappa shape index (κ2) is 5.24. The van der Waals surface area contributed by atoms with Crippen molar-refractivity contribution in [3.63, 3.8) is 0 Å². The lowest BCUT2D eigenvalue weighted by Gasteiger charge is -2.04. The highest BCUT2D eigenvalue weighted by Crippen LogP contribution is 2.23. The van der Waals surface area contributed by atoms with Gasteiger partial charge in [0.25, 0.3) is 0 Å². The van der Waals surface area contributed by atoms with Crippen molar-refractivity contribution in [3.05, 3.63) is 49.9 Å². The molecular weight excluding hydrogens is 324 g/mol. The second-order valence-electron chi connectivity index (χ2n) is 3.70. The number of Topliss-reactive ketones (excluding diaryl/α,β-unsaturated/α-hetero) is 1. The van der Waals surface area contributed by atoms with E-state index in [4.69, 9.17) is 0 Å². The standard InChI is InChI=1S/C12H8BrF2NOS/c1-6-5-18-10(16-6)4-9(17)11-8(14)3-2-7(13)12(11)15/h2-3,5H,4H2,1H3. The number of carbonyl (C=O) groups excluding carboxylic acids is 1. The fourth-order valence-electron chi connectivity index (χ4n) is 1.49. The molecule has 1 aromatic heterocycles. The minimum Gasteiger partial charge on any atom is -0.293 e. The number of hydrogen-bond acceptors (Lipinski definition) is 3. The first-order valence-corrected chi connectivity index (χ1v) is 6.74. The maximum absolute atomic E-state index is 13.7. The van der Waals surface area contributed by atoms with Crippen molar-refractivity contribution >= 4 is 33.0 Å². The van der Waals surface area contributed by atoms with Crippen LogP contribution in [0.1, 0.15) is 21.1 Å². The summed E-state index contributed by atoms with van der Waals surface area (Å²) in [6, 6.07) is 2.29. The molecular formula is C12H8BrF2NOS. The van der Waals surface area contributed by atoms with Crippen LogP contribution in [-0.4, -0.2) is 10.8 Å². The van der Waals surface area contributed by atoms with Gasteiger partial charge in [0.2, 0.25) is 0 Å². The lowest BCUT2D eigenvalue weighted by Crippen LogP contribution is -2.09. The van der Waals surface area contributed by atoms with Crippen LogP contribution in [-0.2, 0) is 6.42 Å². The van der Waals surface area contributed by atoms with Crippen molar-refractivity contribution in [2.75, 3.05) is 0 Å². The van der Waals surface area contributed by atoms with Crippen LogP contribution in [0.5, 0.6) is 0 Å². The molecule has 94 valence electrons. The van der Waals surface area contributed by atoms with Gasteiger partial charge in [-0.05, 0) is 35.0 Å². The number of halogens is 3. The van der Waals surface area contributed by atoms with Gasteiger partial charge in [-0.25, -0.2) is 13.8 Å². The molecule has 0 fully saturated rings. The summed E-state index contributed by atoms with van der Waals surface area (Å²) in [7, 11) is 0. The van der Waals surface area contributed by atoms with E-state index in [9.17, 15) is 13.6 Å². The van der Waals surface area contributed by atoms with E-state index < -0.39 is 23.0 Å². The maximum atomic E-state index is 13.7. The predicted molar refractivity (Wildman–Crippen MR) is 68.9 cm³/mol. The van der Waals surface area contributed by atoms with Crippen LogP contribution >= 0.6 is 27.3 Å². The van der Waals surface area contributed by atoms with Crippen molar-refractivity contribution in [1.29, 1.82) is 0 Å². The molecule has 0 aliphatic heterocycles. The van der Waals surface area contributed by atoms with Crippen LogP contribution in [0, 0.1) is 18.6 Å². The molecule has 0 N–H and O–H groups in total. The SMILES string of the molecule is Cc1csc(CC(=O)c2c(F)ccc(Br)c2F)n1. The number of ketones is 1. The molecule has 6 heteroatoms. The number of nitrogens with zero attached hydrogens (tertiary/aromatic N) is 1. The van der Waals surface area contributed by atoms with E-state index in [-0.39, 0.29) is 10.9 Å². The Morgan fingerprint density at radius 3 is 2.78 bits per heavy atom. The predicted octanol–water partition coefficient (Wildman–Crippen LogP) is 3.92. The van der Waals surface area contributed by atoms with Crippen LogP contribution in [0.3, 0.4) is 0 Å². The van der Waals surface area contributed by atoms with Gasteiger partial charge in [0.15, 0.2) is 11.6 Å². The van der Waals surface area contributed by atoms with E-state index in [1.165, 1.54) is 17.4 Å². The van der Waals surface area contributed by atoms with Gasteiger partial charge in [-0.3, -0.25) is 4.79 Å². The van der Waals surface area contributed by atoms with E-state index in [2.05, 4.69) is 20.9 Å². The monoisotopic (exact) mass is 331 g/mol. The van der Waals surface area contributed by atoms with Crippen LogP contribution in [0.4, 0.5) is 8.78 Å². The van der Waals surface area contributed by atoms with Gasteiger partial charge in [-0.1, -0.05) is 0 Å². The van der Waals surface area contributed by atoms with Crippen molar-refractivity contribution in [1.82, 2.24) is 4.98 Å². The average Bonchev–Trinajstić information content (AvgIpc) is 2.70. The van der Waals surface area contributed by atoms with Gasteiger partial charge in [-0.2, -0.15) is 0 Å². The Balaban J connectivity index is 2.32. The number of benzene rings is 1. The molecule has 0 saturated heterocycles. The highest BCUT2D eigenvalue weighted by molar-refractivity contribution is 9.10. The highest BCUT2D eigenvalue weighted by Gasteiger charge is 2.20. The minimum absolute atomic E-state index is 0.0718. The van der Waals surface area contributed by atoms with E-state index in [1.54, 1.807) is 12.3 Å². The molecule has 0 aliphatic rings. The van der Waals surface area contributed by atoms with Crippen molar-refractivity contribution in [2.24, 2.45) is 0 Å². The number of aryl methyl sites for hydroxylation is 1. The first-order valence-electron chi connectivity index (χ1n) is 5.06. The van der Waals surface area contributed by atoms with Crippen LogP contribution in [0.2, 0.25) is 0 Å². The lowest BCUT2D eigenvalue weighted by molar-refractivity contribution is 0.0984.